The minimum Gasteiger partial charge on any atom is -0.495 e. The van der Waals surface area contributed by atoms with Crippen molar-refractivity contribution >= 4 is 17.6 Å². The molecule has 0 spiro atoms. The second kappa shape index (κ2) is 4.66. The summed E-state index contributed by atoms with van der Waals surface area (Å²) in [6, 6.07) is 3.56. The van der Waals surface area contributed by atoms with E-state index >= 15 is 0 Å². The third-order valence-electron chi connectivity index (χ3n) is 2.31. The number of carboxylic acid groups (broad SMARTS) is 1. The Hall–Kier alpha value is -2.08. The maximum Gasteiger partial charge on any atom is 0.353 e. The molecule has 18 heavy (non-hydrogen) atoms. The summed E-state index contributed by atoms with van der Waals surface area (Å²) in [6.07, 6.45) is 0. The first-order valence-corrected chi connectivity index (χ1v) is 5.23. The van der Waals surface area contributed by atoms with Crippen LogP contribution in [-0.4, -0.2) is 28.4 Å². The lowest BCUT2D eigenvalue weighted by Crippen LogP contribution is -1.95. The van der Waals surface area contributed by atoms with Crippen molar-refractivity contribution in [3.63, 3.8) is 0 Å². The predicted molar refractivity (Wildman–Crippen MR) is 62.5 cm³/mol. The minimum absolute atomic E-state index is 0.107. The van der Waals surface area contributed by atoms with Crippen molar-refractivity contribution in [1.29, 1.82) is 0 Å². The van der Waals surface area contributed by atoms with E-state index in [0.29, 0.717) is 0 Å². The van der Waals surface area contributed by atoms with Gasteiger partial charge in [0, 0.05) is 11.6 Å². The second-order valence-corrected chi connectivity index (χ2v) is 3.82. The minimum atomic E-state index is -1.16. The number of nitrogens with one attached hydrogen (secondary N) is 1. The molecule has 0 radical (unpaired) electrons. The summed E-state index contributed by atoms with van der Waals surface area (Å²) in [5, 5.41) is 15.0. The molecular weight excluding hydrogens is 263 g/mol. The molecule has 1 heterocycles. The summed E-state index contributed by atoms with van der Waals surface area (Å²) in [5.41, 5.74) is 0.386. The predicted octanol–water partition coefficient (Wildman–Crippen LogP) is 2.58. The van der Waals surface area contributed by atoms with Gasteiger partial charge in [-0.05, 0) is 12.1 Å². The highest BCUT2D eigenvalue weighted by Crippen LogP contribution is 2.35. The number of H-pyrrole nitrogens is 1. The molecule has 0 atom stereocenters. The highest BCUT2D eigenvalue weighted by Gasteiger charge is 2.16. The zero-order chi connectivity index (χ0) is 13.3. The van der Waals surface area contributed by atoms with Gasteiger partial charge < -0.3 is 9.84 Å². The van der Waals surface area contributed by atoms with E-state index in [2.05, 4.69) is 10.2 Å². The molecule has 1 aromatic heterocycles. The molecule has 2 N–H and O–H groups in total. The number of benzene rings is 1. The zero-order valence-electron chi connectivity index (χ0n) is 9.20. The summed E-state index contributed by atoms with van der Waals surface area (Å²) in [4.78, 5) is 10.7. The molecule has 0 amide bonds. The fourth-order valence-corrected chi connectivity index (χ4v) is 1.75. The van der Waals surface area contributed by atoms with Gasteiger partial charge in [0.05, 0.1) is 17.8 Å². The zero-order valence-corrected chi connectivity index (χ0v) is 9.95. The maximum absolute atomic E-state index is 13.4. The van der Waals surface area contributed by atoms with E-state index in [1.165, 1.54) is 13.2 Å². The lowest BCUT2D eigenvalue weighted by atomic mass is 10.1. The topological polar surface area (TPSA) is 75.2 Å². The normalized spacial score (nSPS) is 10.4. The molecule has 0 fully saturated rings. The molecule has 0 aliphatic carbocycles. The van der Waals surface area contributed by atoms with E-state index < -0.39 is 11.8 Å². The number of aromatic amines is 1. The van der Waals surface area contributed by atoms with Crippen LogP contribution in [0.1, 0.15) is 10.5 Å². The molecule has 1 aromatic carbocycles. The van der Waals surface area contributed by atoms with Gasteiger partial charge in [0.15, 0.2) is 0 Å². The van der Waals surface area contributed by atoms with Crippen LogP contribution in [0.4, 0.5) is 4.39 Å². The highest BCUT2D eigenvalue weighted by atomic mass is 35.5. The third kappa shape index (κ3) is 2.14. The molecule has 0 saturated heterocycles. The number of nitrogens with zero attached hydrogens (tertiary/aromatic N) is 1. The van der Waals surface area contributed by atoms with E-state index in [0.717, 1.165) is 12.1 Å². The van der Waals surface area contributed by atoms with Crippen molar-refractivity contribution < 1.29 is 19.0 Å². The van der Waals surface area contributed by atoms with E-state index in [4.69, 9.17) is 21.4 Å². The number of aromatic nitrogens is 2. The van der Waals surface area contributed by atoms with Crippen LogP contribution < -0.4 is 4.74 Å². The first-order chi connectivity index (χ1) is 8.52. The molecule has 5 nitrogen and oxygen atoms in total. The third-order valence-corrected chi connectivity index (χ3v) is 2.70. The molecule has 0 saturated carbocycles. The Morgan fingerprint density at radius 1 is 1.50 bits per heavy atom. The smallest absolute Gasteiger partial charge is 0.353 e. The van der Waals surface area contributed by atoms with Gasteiger partial charge in [-0.2, -0.15) is 5.10 Å². The molecule has 94 valence electrons. The number of hydrogen-bond donors (Lipinski definition) is 2. The fourth-order valence-electron chi connectivity index (χ4n) is 1.47. The number of halogens is 2. The molecule has 7 heteroatoms. The van der Waals surface area contributed by atoms with Crippen LogP contribution in [0.3, 0.4) is 0 Å². The SMILES string of the molecule is COc1cc(F)cc(-c2cc(C(=O)O)[nH]n2)c1Cl. The largest absolute Gasteiger partial charge is 0.495 e. The summed E-state index contributed by atoms with van der Waals surface area (Å²) in [5.74, 6) is -1.55. The Morgan fingerprint density at radius 2 is 2.22 bits per heavy atom. The highest BCUT2D eigenvalue weighted by molar-refractivity contribution is 6.34. The van der Waals surface area contributed by atoms with Crippen LogP contribution >= 0.6 is 11.6 Å². The van der Waals surface area contributed by atoms with Gasteiger partial charge in [0.1, 0.15) is 17.3 Å². The van der Waals surface area contributed by atoms with E-state index in [-0.39, 0.29) is 27.7 Å². The van der Waals surface area contributed by atoms with Crippen molar-refractivity contribution in [1.82, 2.24) is 10.2 Å². The number of aromatic carboxylic acids is 1. The number of ether oxygens (including phenoxy) is 1. The van der Waals surface area contributed by atoms with E-state index in [1.54, 1.807) is 0 Å². The molecule has 0 unspecified atom stereocenters. The fraction of sp³-hybridized carbons (Fsp3) is 0.0909. The van der Waals surface area contributed by atoms with Gasteiger partial charge in [0.25, 0.3) is 0 Å². The van der Waals surface area contributed by atoms with Crippen molar-refractivity contribution in [3.05, 3.63) is 34.7 Å². The summed E-state index contributed by atoms with van der Waals surface area (Å²) >= 11 is 6.01. The Labute approximate surface area is 106 Å². The van der Waals surface area contributed by atoms with Gasteiger partial charge in [-0.3, -0.25) is 5.10 Å². The number of hydrogen-bond acceptors (Lipinski definition) is 3. The maximum atomic E-state index is 13.4. The Kier molecular flexibility index (Phi) is 3.20. The number of methoxy groups -OCH3 is 1. The Morgan fingerprint density at radius 3 is 2.78 bits per heavy atom. The van der Waals surface area contributed by atoms with E-state index in [9.17, 15) is 9.18 Å². The Bertz CT molecular complexity index is 612. The quantitative estimate of drug-likeness (QED) is 0.899. The molecule has 2 aromatic rings. The van der Waals surface area contributed by atoms with Gasteiger partial charge >= 0.3 is 5.97 Å². The van der Waals surface area contributed by atoms with Crippen molar-refractivity contribution in [2.24, 2.45) is 0 Å². The molecule has 0 bridgehead atoms. The standard InChI is InChI=1S/C11H8ClFN2O3/c1-18-9-3-5(13)2-6(10(9)12)7-4-8(11(16)17)15-14-7/h2-4H,1H3,(H,14,15)(H,16,17). The first-order valence-electron chi connectivity index (χ1n) is 4.85. The average Bonchev–Trinajstić information content (AvgIpc) is 2.81. The molecule has 2 rings (SSSR count). The Balaban J connectivity index is 2.55. The van der Waals surface area contributed by atoms with Crippen LogP contribution in [0.15, 0.2) is 18.2 Å². The van der Waals surface area contributed by atoms with Crippen molar-refractivity contribution in [3.8, 4) is 17.0 Å². The van der Waals surface area contributed by atoms with Crippen LogP contribution in [0, 0.1) is 5.82 Å². The van der Waals surface area contributed by atoms with Gasteiger partial charge in [-0.25, -0.2) is 9.18 Å². The molecule has 0 aliphatic rings. The number of rotatable bonds is 3. The van der Waals surface area contributed by atoms with Crippen LogP contribution in [0.5, 0.6) is 5.75 Å². The number of carbonyl (C=O) groups is 1. The van der Waals surface area contributed by atoms with Crippen LogP contribution in [0.2, 0.25) is 5.02 Å². The summed E-state index contributed by atoms with van der Waals surface area (Å²) < 4.78 is 18.3. The van der Waals surface area contributed by atoms with Crippen LogP contribution in [-0.2, 0) is 0 Å². The van der Waals surface area contributed by atoms with Crippen molar-refractivity contribution in [2.75, 3.05) is 7.11 Å². The lowest BCUT2D eigenvalue weighted by molar-refractivity contribution is 0.0690. The average molecular weight is 271 g/mol. The monoisotopic (exact) mass is 270 g/mol. The summed E-state index contributed by atoms with van der Waals surface area (Å²) in [6.45, 7) is 0. The van der Waals surface area contributed by atoms with E-state index in [1.807, 2.05) is 0 Å². The number of carboxylic acids is 1. The van der Waals surface area contributed by atoms with Gasteiger partial charge in [0.2, 0.25) is 0 Å². The van der Waals surface area contributed by atoms with Gasteiger partial charge in [-0.1, -0.05) is 11.6 Å². The lowest BCUT2D eigenvalue weighted by Gasteiger charge is -2.06. The van der Waals surface area contributed by atoms with Gasteiger partial charge in [-0.15, -0.1) is 0 Å². The molecule has 0 aliphatic heterocycles. The van der Waals surface area contributed by atoms with Crippen molar-refractivity contribution in [2.45, 2.75) is 0 Å². The molecular formula is C11H8ClFN2O3. The first kappa shape index (κ1) is 12.4. The summed E-state index contributed by atoms with van der Waals surface area (Å²) in [7, 11) is 1.36. The van der Waals surface area contributed by atoms with Crippen LogP contribution in [0.25, 0.3) is 11.3 Å². The second-order valence-electron chi connectivity index (χ2n) is 3.44.